The zero-order valence-corrected chi connectivity index (χ0v) is 12.5. The fourth-order valence-electron chi connectivity index (χ4n) is 2.42. The lowest BCUT2D eigenvalue weighted by molar-refractivity contribution is 0.355. The van der Waals surface area contributed by atoms with E-state index in [9.17, 15) is 0 Å². The predicted molar refractivity (Wildman–Crippen MR) is 81.0 cm³/mol. The van der Waals surface area contributed by atoms with Crippen molar-refractivity contribution in [2.45, 2.75) is 13.8 Å². The summed E-state index contributed by atoms with van der Waals surface area (Å²) in [5.41, 5.74) is 4.72. The topological polar surface area (TPSA) is 48.7 Å². The smallest absolute Gasteiger partial charge is 0.161 e. The molecule has 3 rings (SSSR count). The molecule has 0 fully saturated rings. The Morgan fingerprint density at radius 3 is 2.38 bits per heavy atom. The summed E-state index contributed by atoms with van der Waals surface area (Å²) in [7, 11) is 3.26. The van der Waals surface area contributed by atoms with E-state index in [2.05, 4.69) is 10.1 Å². The zero-order valence-electron chi connectivity index (χ0n) is 12.5. The van der Waals surface area contributed by atoms with Gasteiger partial charge >= 0.3 is 0 Å². The van der Waals surface area contributed by atoms with Crippen LogP contribution in [0.2, 0.25) is 0 Å². The summed E-state index contributed by atoms with van der Waals surface area (Å²) < 4.78 is 12.5. The molecule has 1 aromatic carbocycles. The molecule has 0 N–H and O–H groups in total. The standard InChI is InChI=1S/C16H17N3O2/c1-10-7-13(19-16(17-10)8-11(2)18-19)12-5-6-14(20-3)15(9-12)21-4/h5-9H,1-4H3. The lowest BCUT2D eigenvalue weighted by Gasteiger charge is -2.11. The largest absolute Gasteiger partial charge is 0.493 e. The first-order valence-electron chi connectivity index (χ1n) is 6.69. The van der Waals surface area contributed by atoms with Gasteiger partial charge in [0, 0.05) is 17.3 Å². The van der Waals surface area contributed by atoms with Gasteiger partial charge in [0.25, 0.3) is 0 Å². The van der Waals surface area contributed by atoms with E-state index in [4.69, 9.17) is 9.47 Å². The molecule has 0 unspecified atom stereocenters. The highest BCUT2D eigenvalue weighted by Crippen LogP contribution is 2.32. The van der Waals surface area contributed by atoms with Crippen molar-refractivity contribution in [3.8, 4) is 22.8 Å². The zero-order chi connectivity index (χ0) is 15.0. The van der Waals surface area contributed by atoms with Crippen LogP contribution < -0.4 is 9.47 Å². The Morgan fingerprint density at radius 2 is 1.67 bits per heavy atom. The first-order valence-corrected chi connectivity index (χ1v) is 6.69. The van der Waals surface area contributed by atoms with Gasteiger partial charge in [-0.25, -0.2) is 9.50 Å². The highest BCUT2D eigenvalue weighted by Gasteiger charge is 2.11. The molecule has 0 aliphatic carbocycles. The average molecular weight is 283 g/mol. The normalized spacial score (nSPS) is 10.9. The van der Waals surface area contributed by atoms with Crippen LogP contribution in [0.5, 0.6) is 11.5 Å². The van der Waals surface area contributed by atoms with Crippen LogP contribution >= 0.6 is 0 Å². The van der Waals surface area contributed by atoms with E-state index in [-0.39, 0.29) is 0 Å². The predicted octanol–water partition coefficient (Wildman–Crippen LogP) is 3.03. The van der Waals surface area contributed by atoms with Gasteiger partial charge in [-0.2, -0.15) is 5.10 Å². The van der Waals surface area contributed by atoms with Crippen molar-refractivity contribution in [3.05, 3.63) is 41.7 Å². The SMILES string of the molecule is COc1ccc(-c2cc(C)nc3cc(C)nn23)cc1OC. The van der Waals surface area contributed by atoms with Crippen LogP contribution in [0.3, 0.4) is 0 Å². The maximum atomic E-state index is 5.38. The van der Waals surface area contributed by atoms with Gasteiger partial charge < -0.3 is 9.47 Å². The molecule has 0 aliphatic heterocycles. The Morgan fingerprint density at radius 1 is 0.905 bits per heavy atom. The Balaban J connectivity index is 2.24. The van der Waals surface area contributed by atoms with Gasteiger partial charge in [-0.15, -0.1) is 0 Å². The molecular weight excluding hydrogens is 266 g/mol. The van der Waals surface area contributed by atoms with E-state index >= 15 is 0 Å². The van der Waals surface area contributed by atoms with Crippen LogP contribution in [0.25, 0.3) is 16.9 Å². The van der Waals surface area contributed by atoms with Gasteiger partial charge in [-0.05, 0) is 38.1 Å². The fraction of sp³-hybridized carbons (Fsp3) is 0.250. The molecule has 0 saturated heterocycles. The maximum Gasteiger partial charge on any atom is 0.161 e. The van der Waals surface area contributed by atoms with E-state index in [1.54, 1.807) is 14.2 Å². The molecule has 3 aromatic rings. The minimum absolute atomic E-state index is 0.696. The summed E-state index contributed by atoms with van der Waals surface area (Å²) in [5, 5.41) is 4.51. The fourth-order valence-corrected chi connectivity index (χ4v) is 2.42. The Bertz CT molecular complexity index is 809. The Kier molecular flexibility index (Phi) is 3.25. The van der Waals surface area contributed by atoms with Crippen molar-refractivity contribution in [3.63, 3.8) is 0 Å². The van der Waals surface area contributed by atoms with Crippen LogP contribution in [0.1, 0.15) is 11.4 Å². The van der Waals surface area contributed by atoms with Gasteiger partial charge in [0.15, 0.2) is 17.1 Å². The average Bonchev–Trinajstić information content (AvgIpc) is 2.85. The highest BCUT2D eigenvalue weighted by atomic mass is 16.5. The number of hydrogen-bond acceptors (Lipinski definition) is 4. The van der Waals surface area contributed by atoms with E-state index in [1.807, 2.05) is 48.7 Å². The molecule has 2 aromatic heterocycles. The van der Waals surface area contributed by atoms with Crippen molar-refractivity contribution >= 4 is 5.65 Å². The second-order valence-corrected chi connectivity index (χ2v) is 4.91. The molecule has 0 bridgehead atoms. The molecule has 0 amide bonds. The van der Waals surface area contributed by atoms with Crippen molar-refractivity contribution in [2.75, 3.05) is 14.2 Å². The second kappa shape index (κ2) is 5.09. The van der Waals surface area contributed by atoms with Crippen LogP contribution in [-0.2, 0) is 0 Å². The quantitative estimate of drug-likeness (QED) is 0.741. The summed E-state index contributed by atoms with van der Waals surface area (Å²) in [6.07, 6.45) is 0. The molecule has 108 valence electrons. The van der Waals surface area contributed by atoms with E-state index < -0.39 is 0 Å². The van der Waals surface area contributed by atoms with Gasteiger partial charge in [-0.3, -0.25) is 0 Å². The summed E-state index contributed by atoms with van der Waals surface area (Å²) in [5.74, 6) is 1.40. The third kappa shape index (κ3) is 2.31. The minimum atomic E-state index is 0.696. The lowest BCUT2D eigenvalue weighted by atomic mass is 10.1. The molecule has 0 aliphatic rings. The number of aromatic nitrogens is 3. The van der Waals surface area contributed by atoms with Crippen LogP contribution in [0, 0.1) is 13.8 Å². The number of fused-ring (bicyclic) bond motifs is 1. The molecule has 0 atom stereocenters. The summed E-state index contributed by atoms with van der Waals surface area (Å²) in [6.45, 7) is 3.94. The van der Waals surface area contributed by atoms with E-state index in [0.29, 0.717) is 11.5 Å². The maximum absolute atomic E-state index is 5.38. The molecule has 0 radical (unpaired) electrons. The monoisotopic (exact) mass is 283 g/mol. The Labute approximate surface area is 123 Å². The van der Waals surface area contributed by atoms with Gasteiger partial charge in [0.1, 0.15) is 0 Å². The van der Waals surface area contributed by atoms with Crippen molar-refractivity contribution in [2.24, 2.45) is 0 Å². The van der Waals surface area contributed by atoms with Crippen molar-refractivity contribution in [1.82, 2.24) is 14.6 Å². The summed E-state index contributed by atoms with van der Waals surface area (Å²) in [4.78, 5) is 4.50. The minimum Gasteiger partial charge on any atom is -0.493 e. The van der Waals surface area contributed by atoms with Crippen LogP contribution in [-0.4, -0.2) is 28.8 Å². The summed E-state index contributed by atoms with van der Waals surface area (Å²) in [6, 6.07) is 9.82. The highest BCUT2D eigenvalue weighted by molar-refractivity contribution is 5.67. The molecule has 21 heavy (non-hydrogen) atoms. The molecule has 5 nitrogen and oxygen atoms in total. The number of methoxy groups -OCH3 is 2. The third-order valence-corrected chi connectivity index (χ3v) is 3.36. The second-order valence-electron chi connectivity index (χ2n) is 4.91. The van der Waals surface area contributed by atoms with Crippen LogP contribution in [0.15, 0.2) is 30.3 Å². The lowest BCUT2D eigenvalue weighted by Crippen LogP contribution is -1.99. The molecule has 0 spiro atoms. The van der Waals surface area contributed by atoms with Crippen molar-refractivity contribution in [1.29, 1.82) is 0 Å². The number of benzene rings is 1. The van der Waals surface area contributed by atoms with Gasteiger partial charge in [-0.1, -0.05) is 0 Å². The van der Waals surface area contributed by atoms with Gasteiger partial charge in [0.05, 0.1) is 25.6 Å². The molecule has 0 saturated carbocycles. The number of aryl methyl sites for hydroxylation is 2. The summed E-state index contributed by atoms with van der Waals surface area (Å²) >= 11 is 0. The third-order valence-electron chi connectivity index (χ3n) is 3.36. The first-order chi connectivity index (χ1) is 10.1. The molecule has 2 heterocycles. The Hall–Kier alpha value is -2.56. The first kappa shape index (κ1) is 13.4. The van der Waals surface area contributed by atoms with E-state index in [1.165, 1.54) is 0 Å². The van der Waals surface area contributed by atoms with E-state index in [0.717, 1.165) is 28.3 Å². The van der Waals surface area contributed by atoms with Gasteiger partial charge in [0.2, 0.25) is 0 Å². The number of nitrogens with zero attached hydrogens (tertiary/aromatic N) is 3. The number of hydrogen-bond donors (Lipinski definition) is 0. The number of ether oxygens (including phenoxy) is 2. The molecular formula is C16H17N3O2. The van der Waals surface area contributed by atoms with Crippen LogP contribution in [0.4, 0.5) is 0 Å². The number of rotatable bonds is 3. The molecule has 5 heteroatoms. The van der Waals surface area contributed by atoms with Crippen molar-refractivity contribution < 1.29 is 9.47 Å².